The van der Waals surface area contributed by atoms with Gasteiger partial charge in [-0.05, 0) is 37.6 Å². The van der Waals surface area contributed by atoms with Gasteiger partial charge in [0.15, 0.2) is 0 Å². The Bertz CT molecular complexity index is 617. The van der Waals surface area contributed by atoms with Crippen LogP contribution in [0.2, 0.25) is 0 Å². The molecule has 0 aliphatic rings. The second-order valence-electron chi connectivity index (χ2n) is 4.62. The lowest BCUT2D eigenvalue weighted by atomic mass is 10.3. The van der Waals surface area contributed by atoms with Crippen molar-refractivity contribution in [2.75, 3.05) is 11.9 Å². The van der Waals surface area contributed by atoms with Crippen LogP contribution >= 0.6 is 0 Å². The second kappa shape index (κ2) is 7.38. The number of anilines is 1. The lowest BCUT2D eigenvalue weighted by Crippen LogP contribution is -2.13. The average Bonchev–Trinajstić information content (AvgIpc) is 2.44. The highest BCUT2D eigenvalue weighted by Crippen LogP contribution is 2.12. The molecule has 2 rings (SSSR count). The van der Waals surface area contributed by atoms with Crippen LogP contribution in [0.25, 0.3) is 0 Å². The van der Waals surface area contributed by atoms with Gasteiger partial charge >= 0.3 is 0 Å². The van der Waals surface area contributed by atoms with Crippen LogP contribution in [0.1, 0.15) is 18.5 Å². The standard InChI is InChI=1S/C16H17FN2O2/c1-12-5-2-8-15(18-12)19-16(20)9-4-10-21-14-7-3-6-13(17)11-14/h2-3,5-8,11H,4,9-10H2,1H3,(H,18,19,20). The predicted molar refractivity (Wildman–Crippen MR) is 78.7 cm³/mol. The number of carbonyl (C=O) groups excluding carboxylic acids is 1. The fourth-order valence-corrected chi connectivity index (χ4v) is 1.80. The molecule has 1 amide bonds. The number of hydrogen-bond acceptors (Lipinski definition) is 3. The minimum Gasteiger partial charge on any atom is -0.493 e. The number of aryl methyl sites for hydroxylation is 1. The zero-order valence-electron chi connectivity index (χ0n) is 11.8. The average molecular weight is 288 g/mol. The second-order valence-corrected chi connectivity index (χ2v) is 4.62. The molecule has 0 aliphatic heterocycles. The molecule has 0 aliphatic carbocycles. The summed E-state index contributed by atoms with van der Waals surface area (Å²) in [7, 11) is 0. The first-order valence-corrected chi connectivity index (χ1v) is 6.75. The molecule has 110 valence electrons. The first-order valence-electron chi connectivity index (χ1n) is 6.75. The third-order valence-corrected chi connectivity index (χ3v) is 2.77. The molecule has 1 heterocycles. The van der Waals surface area contributed by atoms with E-state index in [1.54, 1.807) is 18.2 Å². The summed E-state index contributed by atoms with van der Waals surface area (Å²) in [6.45, 7) is 2.22. The summed E-state index contributed by atoms with van der Waals surface area (Å²) in [4.78, 5) is 15.9. The highest BCUT2D eigenvalue weighted by atomic mass is 19.1. The summed E-state index contributed by atoms with van der Waals surface area (Å²) < 4.78 is 18.3. The Morgan fingerprint density at radius 2 is 2.10 bits per heavy atom. The molecule has 21 heavy (non-hydrogen) atoms. The van der Waals surface area contributed by atoms with Gasteiger partial charge in [-0.15, -0.1) is 0 Å². The summed E-state index contributed by atoms with van der Waals surface area (Å²) in [5.41, 5.74) is 0.849. The van der Waals surface area contributed by atoms with Gasteiger partial charge in [0, 0.05) is 18.2 Å². The van der Waals surface area contributed by atoms with E-state index in [-0.39, 0.29) is 11.7 Å². The normalized spacial score (nSPS) is 10.2. The Morgan fingerprint density at radius 3 is 2.86 bits per heavy atom. The molecule has 0 bridgehead atoms. The number of pyridine rings is 1. The van der Waals surface area contributed by atoms with Crippen LogP contribution in [0.15, 0.2) is 42.5 Å². The number of ether oxygens (including phenoxy) is 1. The van der Waals surface area contributed by atoms with Crippen molar-refractivity contribution >= 4 is 11.7 Å². The molecule has 5 heteroatoms. The molecular weight excluding hydrogens is 271 g/mol. The van der Waals surface area contributed by atoms with Crippen molar-refractivity contribution in [1.29, 1.82) is 0 Å². The molecule has 0 unspecified atom stereocenters. The monoisotopic (exact) mass is 288 g/mol. The molecule has 0 fully saturated rings. The maximum atomic E-state index is 12.9. The minimum atomic E-state index is -0.337. The molecule has 0 saturated heterocycles. The number of amides is 1. The maximum absolute atomic E-state index is 12.9. The van der Waals surface area contributed by atoms with E-state index in [2.05, 4.69) is 10.3 Å². The Kier molecular flexibility index (Phi) is 5.26. The van der Waals surface area contributed by atoms with Crippen molar-refractivity contribution in [3.63, 3.8) is 0 Å². The first kappa shape index (κ1) is 15.0. The van der Waals surface area contributed by atoms with Crippen molar-refractivity contribution in [2.24, 2.45) is 0 Å². The number of rotatable bonds is 6. The van der Waals surface area contributed by atoms with Gasteiger partial charge in [-0.25, -0.2) is 9.37 Å². The number of aromatic nitrogens is 1. The van der Waals surface area contributed by atoms with E-state index in [1.807, 2.05) is 19.1 Å². The van der Waals surface area contributed by atoms with Gasteiger partial charge in [0.2, 0.25) is 5.91 Å². The zero-order valence-corrected chi connectivity index (χ0v) is 11.8. The van der Waals surface area contributed by atoms with Crippen LogP contribution < -0.4 is 10.1 Å². The molecule has 0 atom stereocenters. The third kappa shape index (κ3) is 5.22. The molecule has 0 saturated carbocycles. The maximum Gasteiger partial charge on any atom is 0.225 e. The van der Waals surface area contributed by atoms with E-state index >= 15 is 0 Å². The number of carbonyl (C=O) groups is 1. The van der Waals surface area contributed by atoms with E-state index in [4.69, 9.17) is 4.74 Å². The van der Waals surface area contributed by atoms with Crippen LogP contribution in [0.5, 0.6) is 5.75 Å². The van der Waals surface area contributed by atoms with Gasteiger partial charge in [0.25, 0.3) is 0 Å². The summed E-state index contributed by atoms with van der Waals surface area (Å²) in [5.74, 6) is 0.563. The van der Waals surface area contributed by atoms with Crippen molar-refractivity contribution in [3.8, 4) is 5.75 Å². The molecule has 0 radical (unpaired) electrons. The number of hydrogen-bond donors (Lipinski definition) is 1. The number of halogens is 1. The smallest absolute Gasteiger partial charge is 0.225 e. The number of nitrogens with one attached hydrogen (secondary N) is 1. The Hall–Kier alpha value is -2.43. The van der Waals surface area contributed by atoms with Gasteiger partial charge in [-0.2, -0.15) is 0 Å². The Balaban J connectivity index is 1.70. The van der Waals surface area contributed by atoms with Gasteiger partial charge in [-0.1, -0.05) is 12.1 Å². The molecule has 4 nitrogen and oxygen atoms in total. The van der Waals surface area contributed by atoms with E-state index in [0.717, 1.165) is 5.69 Å². The van der Waals surface area contributed by atoms with Gasteiger partial charge < -0.3 is 10.1 Å². The lowest BCUT2D eigenvalue weighted by Gasteiger charge is -2.07. The SMILES string of the molecule is Cc1cccc(NC(=O)CCCOc2cccc(F)c2)n1. The summed E-state index contributed by atoms with van der Waals surface area (Å²) >= 11 is 0. The van der Waals surface area contributed by atoms with Crippen molar-refractivity contribution in [3.05, 3.63) is 54.0 Å². The van der Waals surface area contributed by atoms with E-state index < -0.39 is 0 Å². The Morgan fingerprint density at radius 1 is 1.29 bits per heavy atom. The Labute approximate surface area is 123 Å². The number of benzene rings is 1. The molecular formula is C16H17FN2O2. The predicted octanol–water partition coefficient (Wildman–Crippen LogP) is 3.33. The molecule has 2 aromatic rings. The van der Waals surface area contributed by atoms with E-state index in [9.17, 15) is 9.18 Å². The van der Waals surface area contributed by atoms with Crippen LogP contribution in [0, 0.1) is 12.7 Å². The highest BCUT2D eigenvalue weighted by Gasteiger charge is 2.04. The van der Waals surface area contributed by atoms with Gasteiger partial charge in [0.05, 0.1) is 6.61 Å². The summed E-state index contributed by atoms with van der Waals surface area (Å²) in [6, 6.07) is 11.4. The van der Waals surface area contributed by atoms with E-state index in [0.29, 0.717) is 31.0 Å². The van der Waals surface area contributed by atoms with Crippen molar-refractivity contribution in [1.82, 2.24) is 4.98 Å². The van der Waals surface area contributed by atoms with Crippen LogP contribution in [-0.4, -0.2) is 17.5 Å². The molecule has 1 aromatic heterocycles. The number of nitrogens with zero attached hydrogens (tertiary/aromatic N) is 1. The quantitative estimate of drug-likeness (QED) is 0.829. The third-order valence-electron chi connectivity index (χ3n) is 2.77. The largest absolute Gasteiger partial charge is 0.493 e. The summed E-state index contributed by atoms with van der Waals surface area (Å²) in [5, 5.41) is 2.72. The topological polar surface area (TPSA) is 51.2 Å². The highest BCUT2D eigenvalue weighted by molar-refractivity contribution is 5.89. The lowest BCUT2D eigenvalue weighted by molar-refractivity contribution is -0.116. The van der Waals surface area contributed by atoms with Crippen LogP contribution in [-0.2, 0) is 4.79 Å². The summed E-state index contributed by atoms with van der Waals surface area (Å²) in [6.07, 6.45) is 0.874. The first-order chi connectivity index (χ1) is 10.1. The molecule has 1 aromatic carbocycles. The molecule has 0 spiro atoms. The van der Waals surface area contributed by atoms with Crippen molar-refractivity contribution < 1.29 is 13.9 Å². The fraction of sp³-hybridized carbons (Fsp3) is 0.250. The fourth-order valence-electron chi connectivity index (χ4n) is 1.80. The van der Waals surface area contributed by atoms with Crippen LogP contribution in [0.3, 0.4) is 0 Å². The van der Waals surface area contributed by atoms with Gasteiger partial charge in [-0.3, -0.25) is 4.79 Å². The molecule has 1 N–H and O–H groups in total. The van der Waals surface area contributed by atoms with Gasteiger partial charge in [0.1, 0.15) is 17.4 Å². The van der Waals surface area contributed by atoms with E-state index in [1.165, 1.54) is 12.1 Å². The zero-order chi connectivity index (χ0) is 15.1. The van der Waals surface area contributed by atoms with Crippen molar-refractivity contribution in [2.45, 2.75) is 19.8 Å². The van der Waals surface area contributed by atoms with Crippen LogP contribution in [0.4, 0.5) is 10.2 Å². The minimum absolute atomic E-state index is 0.115.